The third kappa shape index (κ3) is 2.68. The Morgan fingerprint density at radius 2 is 2.25 bits per heavy atom. The van der Waals surface area contributed by atoms with Gasteiger partial charge in [-0.1, -0.05) is 0 Å². The van der Waals surface area contributed by atoms with Crippen molar-refractivity contribution in [2.75, 3.05) is 13.7 Å². The first kappa shape index (κ1) is 14.9. The van der Waals surface area contributed by atoms with Crippen molar-refractivity contribution in [1.82, 2.24) is 9.55 Å². The van der Waals surface area contributed by atoms with Crippen LogP contribution in [-0.2, 0) is 9.47 Å². The van der Waals surface area contributed by atoms with E-state index in [9.17, 15) is 14.7 Å². The highest BCUT2D eigenvalue weighted by Crippen LogP contribution is 2.28. The monoisotopic (exact) mass is 286 g/mol. The van der Waals surface area contributed by atoms with Gasteiger partial charge in [-0.05, 0) is 6.92 Å². The number of aryl methyl sites for hydroxylation is 1. The van der Waals surface area contributed by atoms with Crippen LogP contribution in [0.2, 0.25) is 0 Å². The number of aliphatic hydroxyl groups excluding tert-OH is 2. The summed E-state index contributed by atoms with van der Waals surface area (Å²) in [7, 11) is 1.41. The minimum Gasteiger partial charge on any atom is -0.394 e. The van der Waals surface area contributed by atoms with Gasteiger partial charge in [-0.25, -0.2) is 4.79 Å². The second-order valence-corrected chi connectivity index (χ2v) is 4.81. The lowest BCUT2D eigenvalue weighted by atomic mass is 10.0. The molecule has 1 fully saturated rings. The van der Waals surface area contributed by atoms with Gasteiger partial charge in [0.2, 0.25) is 0 Å². The Bertz CT molecular complexity index is 580. The number of aliphatic hydroxyl groups is 2. The molecule has 1 aromatic heterocycles. The van der Waals surface area contributed by atoms with Crippen LogP contribution in [0.1, 0.15) is 18.0 Å². The largest absolute Gasteiger partial charge is 0.394 e. The van der Waals surface area contributed by atoms with Crippen molar-refractivity contribution in [2.45, 2.75) is 37.9 Å². The van der Waals surface area contributed by atoms with Crippen molar-refractivity contribution in [1.29, 1.82) is 0 Å². The molecule has 112 valence electrons. The first-order chi connectivity index (χ1) is 9.47. The highest BCUT2D eigenvalue weighted by Gasteiger charge is 2.38. The van der Waals surface area contributed by atoms with E-state index in [4.69, 9.17) is 14.6 Å². The lowest BCUT2D eigenvalue weighted by molar-refractivity contribution is -0.241. The molecule has 2 heterocycles. The molecule has 1 aliphatic rings. The summed E-state index contributed by atoms with van der Waals surface area (Å²) in [6.07, 6.45) is -0.882. The predicted molar refractivity (Wildman–Crippen MR) is 68.5 cm³/mol. The summed E-state index contributed by atoms with van der Waals surface area (Å²) < 4.78 is 11.9. The molecular formula is C12H18N2O6. The van der Waals surface area contributed by atoms with Gasteiger partial charge in [-0.15, -0.1) is 0 Å². The number of aromatic nitrogens is 2. The summed E-state index contributed by atoms with van der Waals surface area (Å²) in [6, 6.07) is -0.583. The molecule has 1 aromatic rings. The second kappa shape index (κ2) is 5.88. The summed E-state index contributed by atoms with van der Waals surface area (Å²) in [5.41, 5.74) is -0.671. The van der Waals surface area contributed by atoms with Crippen molar-refractivity contribution in [3.63, 3.8) is 0 Å². The zero-order valence-electron chi connectivity index (χ0n) is 11.3. The molecule has 4 atom stereocenters. The SMILES string of the molecule is CO[C@@H]1O[C@H](CO)[C@@H](O)C[C@@H]1n1cc(C)c(=O)[nH]c1=O. The van der Waals surface area contributed by atoms with Gasteiger partial charge in [0.25, 0.3) is 5.56 Å². The highest BCUT2D eigenvalue weighted by molar-refractivity contribution is 5.03. The van der Waals surface area contributed by atoms with E-state index in [1.165, 1.54) is 17.9 Å². The molecule has 3 N–H and O–H groups in total. The average Bonchev–Trinajstić information content (AvgIpc) is 2.42. The minimum absolute atomic E-state index is 0.176. The maximum atomic E-state index is 11.9. The van der Waals surface area contributed by atoms with Gasteiger partial charge in [-0.3, -0.25) is 14.3 Å². The van der Waals surface area contributed by atoms with Crippen LogP contribution >= 0.6 is 0 Å². The number of aromatic amines is 1. The molecule has 0 radical (unpaired) electrons. The van der Waals surface area contributed by atoms with Crippen LogP contribution in [0.3, 0.4) is 0 Å². The minimum atomic E-state index is -0.921. The van der Waals surface area contributed by atoms with Crippen LogP contribution in [0, 0.1) is 6.92 Å². The number of methoxy groups -OCH3 is 1. The number of hydrogen-bond acceptors (Lipinski definition) is 6. The van der Waals surface area contributed by atoms with Crippen LogP contribution < -0.4 is 11.2 Å². The Kier molecular flexibility index (Phi) is 4.39. The Morgan fingerprint density at radius 3 is 2.85 bits per heavy atom. The molecule has 8 nitrogen and oxygen atoms in total. The third-order valence-corrected chi connectivity index (χ3v) is 3.45. The standard InChI is InChI=1S/C12H18N2O6/c1-6-4-14(12(18)13-10(6)17)7-3-8(16)9(5-15)20-11(7)19-2/h4,7-9,11,15-16H,3,5H2,1-2H3,(H,13,17,18)/t7-,8-,9+,11+/m0/s1. The molecule has 0 aliphatic carbocycles. The van der Waals surface area contributed by atoms with Gasteiger partial charge in [0.1, 0.15) is 6.10 Å². The summed E-state index contributed by atoms with van der Waals surface area (Å²) in [6.45, 7) is 1.24. The summed E-state index contributed by atoms with van der Waals surface area (Å²) in [4.78, 5) is 25.4. The molecule has 0 bridgehead atoms. The highest BCUT2D eigenvalue weighted by atomic mass is 16.7. The maximum absolute atomic E-state index is 11.9. The lowest BCUT2D eigenvalue weighted by Crippen LogP contribution is -2.50. The molecule has 0 unspecified atom stereocenters. The third-order valence-electron chi connectivity index (χ3n) is 3.45. The fourth-order valence-corrected chi connectivity index (χ4v) is 2.32. The van der Waals surface area contributed by atoms with Gasteiger partial charge < -0.3 is 19.7 Å². The number of nitrogens with one attached hydrogen (secondary N) is 1. The van der Waals surface area contributed by atoms with Gasteiger partial charge in [0, 0.05) is 25.3 Å². The zero-order chi connectivity index (χ0) is 14.9. The summed E-state index contributed by atoms with van der Waals surface area (Å²) >= 11 is 0. The molecule has 2 rings (SSSR count). The van der Waals surface area contributed by atoms with E-state index in [0.29, 0.717) is 5.56 Å². The van der Waals surface area contributed by atoms with E-state index in [2.05, 4.69) is 4.98 Å². The smallest absolute Gasteiger partial charge is 0.328 e. The first-order valence-electron chi connectivity index (χ1n) is 6.27. The van der Waals surface area contributed by atoms with Crippen molar-refractivity contribution in [2.24, 2.45) is 0 Å². The normalized spacial score (nSPS) is 30.4. The van der Waals surface area contributed by atoms with Crippen molar-refractivity contribution < 1.29 is 19.7 Å². The van der Waals surface area contributed by atoms with Crippen LogP contribution in [0.4, 0.5) is 0 Å². The Labute approximate surface area is 114 Å². The Balaban J connectivity index is 2.38. The van der Waals surface area contributed by atoms with E-state index in [1.807, 2.05) is 0 Å². The molecule has 1 saturated heterocycles. The second-order valence-electron chi connectivity index (χ2n) is 4.81. The molecule has 8 heteroatoms. The Morgan fingerprint density at radius 1 is 1.55 bits per heavy atom. The molecule has 0 spiro atoms. The quantitative estimate of drug-likeness (QED) is 0.623. The van der Waals surface area contributed by atoms with Crippen molar-refractivity contribution >= 4 is 0 Å². The number of H-pyrrole nitrogens is 1. The molecule has 0 amide bonds. The van der Waals surface area contributed by atoms with Gasteiger partial charge >= 0.3 is 5.69 Å². The van der Waals surface area contributed by atoms with Crippen LogP contribution in [0.15, 0.2) is 15.8 Å². The summed E-state index contributed by atoms with van der Waals surface area (Å²) in [5, 5.41) is 19.0. The molecule has 0 aromatic carbocycles. The lowest BCUT2D eigenvalue weighted by Gasteiger charge is -2.38. The van der Waals surface area contributed by atoms with Gasteiger partial charge in [0.05, 0.1) is 18.8 Å². The van der Waals surface area contributed by atoms with E-state index in [0.717, 1.165) is 0 Å². The number of nitrogens with zero attached hydrogens (tertiary/aromatic N) is 1. The Hall–Kier alpha value is -1.48. The molecule has 1 aliphatic heterocycles. The maximum Gasteiger partial charge on any atom is 0.328 e. The van der Waals surface area contributed by atoms with Crippen molar-refractivity contribution in [3.05, 3.63) is 32.6 Å². The summed E-state index contributed by atoms with van der Waals surface area (Å²) in [5.74, 6) is 0. The van der Waals surface area contributed by atoms with Gasteiger partial charge in [-0.2, -0.15) is 0 Å². The number of hydrogen-bond donors (Lipinski definition) is 3. The zero-order valence-corrected chi connectivity index (χ0v) is 11.3. The number of ether oxygens (including phenoxy) is 2. The van der Waals surface area contributed by atoms with E-state index < -0.39 is 35.8 Å². The average molecular weight is 286 g/mol. The van der Waals surface area contributed by atoms with E-state index in [1.54, 1.807) is 6.92 Å². The number of rotatable bonds is 3. The van der Waals surface area contributed by atoms with Crippen LogP contribution in [-0.4, -0.2) is 52.0 Å². The predicted octanol–water partition coefficient (Wildman–Crippen LogP) is -1.50. The van der Waals surface area contributed by atoms with Crippen LogP contribution in [0.5, 0.6) is 0 Å². The first-order valence-corrected chi connectivity index (χ1v) is 6.27. The fraction of sp³-hybridized carbons (Fsp3) is 0.667. The van der Waals surface area contributed by atoms with Gasteiger partial charge in [0.15, 0.2) is 6.29 Å². The topological polar surface area (TPSA) is 114 Å². The van der Waals surface area contributed by atoms with Crippen LogP contribution in [0.25, 0.3) is 0 Å². The fourth-order valence-electron chi connectivity index (χ4n) is 2.32. The van der Waals surface area contributed by atoms with E-state index in [-0.39, 0.29) is 13.0 Å². The van der Waals surface area contributed by atoms with E-state index >= 15 is 0 Å². The molecular weight excluding hydrogens is 268 g/mol. The molecule has 20 heavy (non-hydrogen) atoms. The van der Waals surface area contributed by atoms with Crippen molar-refractivity contribution in [3.8, 4) is 0 Å². The molecule has 0 saturated carbocycles.